The summed E-state index contributed by atoms with van der Waals surface area (Å²) in [7, 11) is 0. The van der Waals surface area contributed by atoms with Crippen molar-refractivity contribution in [3.8, 4) is 5.75 Å². The fourth-order valence-electron chi connectivity index (χ4n) is 2.06. The van der Waals surface area contributed by atoms with Crippen LogP contribution in [-0.4, -0.2) is 4.98 Å². The molecule has 0 saturated heterocycles. The molecule has 0 bridgehead atoms. The van der Waals surface area contributed by atoms with Crippen molar-refractivity contribution in [2.45, 2.75) is 39.6 Å². The lowest BCUT2D eigenvalue weighted by molar-refractivity contribution is 0.301. The smallest absolute Gasteiger partial charge is 0.140 e. The topological polar surface area (TPSA) is 22.1 Å². The van der Waals surface area contributed by atoms with E-state index in [0.717, 1.165) is 28.6 Å². The second kappa shape index (κ2) is 6.44. The number of thiol groups is 1. The molecule has 1 aromatic carbocycles. The van der Waals surface area contributed by atoms with E-state index in [-0.39, 0.29) is 0 Å². The number of para-hydroxylation sites is 1. The zero-order valence-electron chi connectivity index (χ0n) is 11.6. The maximum atomic E-state index is 5.93. The third kappa shape index (κ3) is 3.31. The standard InChI is InChI=1S/C15H19NOS2/c1-4-12-13(9-18)19-14(16-12)8-17-15-10(2)6-5-7-11(15)3/h5-7,18H,4,8-9H2,1-3H3. The van der Waals surface area contributed by atoms with Crippen LogP contribution in [0.1, 0.15) is 33.6 Å². The fourth-order valence-corrected chi connectivity index (χ4v) is 3.37. The van der Waals surface area contributed by atoms with Gasteiger partial charge in [0, 0.05) is 10.6 Å². The number of benzene rings is 1. The monoisotopic (exact) mass is 293 g/mol. The van der Waals surface area contributed by atoms with Crippen LogP contribution in [0.15, 0.2) is 18.2 Å². The lowest BCUT2D eigenvalue weighted by atomic mass is 10.1. The van der Waals surface area contributed by atoms with Crippen molar-refractivity contribution >= 4 is 24.0 Å². The minimum absolute atomic E-state index is 0.539. The summed E-state index contributed by atoms with van der Waals surface area (Å²) in [6.07, 6.45) is 0.954. The Kier molecular flexibility index (Phi) is 4.88. The Bertz CT molecular complexity index is 522. The fraction of sp³-hybridized carbons (Fsp3) is 0.400. The van der Waals surface area contributed by atoms with Crippen molar-refractivity contribution in [1.29, 1.82) is 0 Å². The normalized spacial score (nSPS) is 10.7. The molecule has 0 spiro atoms. The van der Waals surface area contributed by atoms with Crippen molar-refractivity contribution in [3.63, 3.8) is 0 Å². The molecule has 2 aromatic rings. The van der Waals surface area contributed by atoms with Gasteiger partial charge in [-0.15, -0.1) is 11.3 Å². The van der Waals surface area contributed by atoms with Crippen molar-refractivity contribution < 1.29 is 4.74 Å². The summed E-state index contributed by atoms with van der Waals surface area (Å²) in [6, 6.07) is 6.19. The third-order valence-electron chi connectivity index (χ3n) is 3.05. The molecule has 0 fully saturated rings. The lowest BCUT2D eigenvalue weighted by Crippen LogP contribution is -1.98. The van der Waals surface area contributed by atoms with Gasteiger partial charge >= 0.3 is 0 Å². The Morgan fingerprint density at radius 2 is 1.95 bits per heavy atom. The predicted molar refractivity (Wildman–Crippen MR) is 84.4 cm³/mol. The molecule has 0 aliphatic heterocycles. The van der Waals surface area contributed by atoms with E-state index >= 15 is 0 Å². The number of nitrogens with zero attached hydrogens (tertiary/aromatic N) is 1. The first-order valence-electron chi connectivity index (χ1n) is 6.43. The molecule has 0 amide bonds. The molecule has 4 heteroatoms. The number of aryl methyl sites for hydroxylation is 3. The number of rotatable bonds is 5. The molecule has 0 saturated carbocycles. The van der Waals surface area contributed by atoms with Crippen molar-refractivity contribution in [1.82, 2.24) is 4.98 Å². The van der Waals surface area contributed by atoms with E-state index in [4.69, 9.17) is 4.74 Å². The predicted octanol–water partition coefficient (Wildman–Crippen LogP) is 4.33. The van der Waals surface area contributed by atoms with Gasteiger partial charge < -0.3 is 4.74 Å². The maximum absolute atomic E-state index is 5.93. The first-order chi connectivity index (χ1) is 9.15. The molecular weight excluding hydrogens is 274 g/mol. The molecule has 0 aliphatic rings. The van der Waals surface area contributed by atoms with Crippen molar-refractivity contribution in [2.75, 3.05) is 0 Å². The van der Waals surface area contributed by atoms with Gasteiger partial charge in [0.05, 0.1) is 5.69 Å². The summed E-state index contributed by atoms with van der Waals surface area (Å²) in [5.41, 5.74) is 3.49. The van der Waals surface area contributed by atoms with Crippen LogP contribution in [0, 0.1) is 13.8 Å². The minimum atomic E-state index is 0.539. The van der Waals surface area contributed by atoms with Crippen LogP contribution in [-0.2, 0) is 18.8 Å². The summed E-state index contributed by atoms with van der Waals surface area (Å²) in [6.45, 7) is 6.80. The van der Waals surface area contributed by atoms with E-state index < -0.39 is 0 Å². The van der Waals surface area contributed by atoms with Crippen LogP contribution >= 0.6 is 24.0 Å². The van der Waals surface area contributed by atoms with E-state index in [0.29, 0.717) is 6.61 Å². The summed E-state index contributed by atoms with van der Waals surface area (Å²) >= 11 is 6.05. The van der Waals surface area contributed by atoms with Crippen molar-refractivity contribution in [2.24, 2.45) is 0 Å². The molecule has 0 unspecified atom stereocenters. The molecule has 19 heavy (non-hydrogen) atoms. The Labute approximate surface area is 124 Å². The highest BCUT2D eigenvalue weighted by atomic mass is 32.1. The molecule has 1 aromatic heterocycles. The number of hydrogen-bond acceptors (Lipinski definition) is 4. The average Bonchev–Trinajstić information content (AvgIpc) is 2.80. The van der Waals surface area contributed by atoms with Crippen LogP contribution in [0.5, 0.6) is 5.75 Å². The highest BCUT2D eigenvalue weighted by Crippen LogP contribution is 2.26. The lowest BCUT2D eigenvalue weighted by Gasteiger charge is -2.10. The molecule has 0 radical (unpaired) electrons. The van der Waals surface area contributed by atoms with Crippen LogP contribution in [0.2, 0.25) is 0 Å². The highest BCUT2D eigenvalue weighted by Gasteiger charge is 2.10. The Balaban J connectivity index is 2.12. The largest absolute Gasteiger partial charge is 0.486 e. The van der Waals surface area contributed by atoms with Gasteiger partial charge in [-0.3, -0.25) is 0 Å². The van der Waals surface area contributed by atoms with Gasteiger partial charge in [0.25, 0.3) is 0 Å². The molecule has 0 N–H and O–H groups in total. The SMILES string of the molecule is CCc1nc(COc2c(C)cccc2C)sc1CS. The number of aromatic nitrogens is 1. The number of thiazole rings is 1. The van der Waals surface area contributed by atoms with E-state index in [1.165, 1.54) is 16.0 Å². The minimum Gasteiger partial charge on any atom is -0.486 e. The summed E-state index contributed by atoms with van der Waals surface area (Å²) in [4.78, 5) is 5.87. The van der Waals surface area contributed by atoms with Gasteiger partial charge in [-0.1, -0.05) is 25.1 Å². The van der Waals surface area contributed by atoms with Gasteiger partial charge in [0.1, 0.15) is 17.4 Å². The zero-order chi connectivity index (χ0) is 13.8. The zero-order valence-corrected chi connectivity index (χ0v) is 13.3. The molecule has 1 heterocycles. The summed E-state index contributed by atoms with van der Waals surface area (Å²) in [5.74, 6) is 1.73. The molecule has 2 nitrogen and oxygen atoms in total. The van der Waals surface area contributed by atoms with E-state index in [1.54, 1.807) is 11.3 Å². The molecule has 0 aliphatic carbocycles. The molecular formula is C15H19NOS2. The Morgan fingerprint density at radius 3 is 2.47 bits per heavy atom. The van der Waals surface area contributed by atoms with E-state index in [2.05, 4.69) is 56.6 Å². The highest BCUT2D eigenvalue weighted by molar-refractivity contribution is 7.79. The third-order valence-corrected chi connectivity index (χ3v) is 4.65. The molecule has 2 rings (SSSR count). The number of hydrogen-bond donors (Lipinski definition) is 1. The molecule has 102 valence electrons. The van der Waals surface area contributed by atoms with Gasteiger partial charge in [0.2, 0.25) is 0 Å². The first-order valence-corrected chi connectivity index (χ1v) is 7.88. The average molecular weight is 293 g/mol. The Hall–Kier alpha value is -1.00. The van der Waals surface area contributed by atoms with Gasteiger partial charge in [-0.25, -0.2) is 4.98 Å². The van der Waals surface area contributed by atoms with Crippen LogP contribution in [0.25, 0.3) is 0 Å². The second-order valence-electron chi connectivity index (χ2n) is 4.50. The maximum Gasteiger partial charge on any atom is 0.140 e. The van der Waals surface area contributed by atoms with E-state index in [1.807, 2.05) is 0 Å². The van der Waals surface area contributed by atoms with Gasteiger partial charge in [-0.2, -0.15) is 12.6 Å². The quantitative estimate of drug-likeness (QED) is 0.829. The van der Waals surface area contributed by atoms with Crippen LogP contribution in [0.4, 0.5) is 0 Å². The summed E-state index contributed by atoms with van der Waals surface area (Å²) < 4.78 is 5.93. The first kappa shape index (κ1) is 14.4. The van der Waals surface area contributed by atoms with Crippen LogP contribution in [0.3, 0.4) is 0 Å². The van der Waals surface area contributed by atoms with E-state index in [9.17, 15) is 0 Å². The summed E-state index contributed by atoms with van der Waals surface area (Å²) in [5, 5.41) is 1.03. The Morgan fingerprint density at radius 1 is 1.26 bits per heavy atom. The van der Waals surface area contributed by atoms with Gasteiger partial charge in [0.15, 0.2) is 0 Å². The second-order valence-corrected chi connectivity index (χ2v) is 5.98. The number of ether oxygens (including phenoxy) is 1. The van der Waals surface area contributed by atoms with Crippen molar-refractivity contribution in [3.05, 3.63) is 44.9 Å². The van der Waals surface area contributed by atoms with Crippen LogP contribution < -0.4 is 4.74 Å². The molecule has 0 atom stereocenters. The van der Waals surface area contributed by atoms with Gasteiger partial charge in [-0.05, 0) is 31.4 Å².